The second kappa shape index (κ2) is 11.8. The highest BCUT2D eigenvalue weighted by atomic mass is 16.2. The van der Waals surface area contributed by atoms with Gasteiger partial charge in [-0.15, -0.1) is 0 Å². The van der Waals surface area contributed by atoms with Gasteiger partial charge in [-0.2, -0.15) is 0 Å². The van der Waals surface area contributed by atoms with E-state index in [2.05, 4.69) is 4.98 Å². The molecular weight excluding hydrogens is 528 g/mol. The van der Waals surface area contributed by atoms with Gasteiger partial charge >= 0.3 is 5.69 Å². The monoisotopic (exact) mass is 560 g/mol. The Hall–Kier alpha value is -5.11. The molecule has 2 unspecified atom stereocenters. The number of imidazole rings is 2. The Kier molecular flexibility index (Phi) is 7.97. The summed E-state index contributed by atoms with van der Waals surface area (Å²) in [6.07, 6.45) is 3.70. The number of aryl methyl sites for hydroxylation is 1. The minimum atomic E-state index is -0.832. The van der Waals surface area contributed by atoms with E-state index in [0.29, 0.717) is 11.1 Å². The van der Waals surface area contributed by atoms with E-state index in [1.54, 1.807) is 63.4 Å². The maximum Gasteiger partial charge on any atom is 0.342 e. The molecule has 2 heterocycles. The van der Waals surface area contributed by atoms with Crippen molar-refractivity contribution in [3.63, 3.8) is 0 Å². The van der Waals surface area contributed by atoms with Crippen molar-refractivity contribution in [2.24, 2.45) is 0 Å². The van der Waals surface area contributed by atoms with Crippen LogP contribution in [0.4, 0.5) is 0 Å². The third-order valence-corrected chi connectivity index (χ3v) is 7.71. The predicted molar refractivity (Wildman–Crippen MR) is 161 cm³/mol. The zero-order valence-corrected chi connectivity index (χ0v) is 24.0. The van der Waals surface area contributed by atoms with Crippen LogP contribution >= 0.6 is 0 Å². The van der Waals surface area contributed by atoms with Gasteiger partial charge in [0.1, 0.15) is 11.5 Å². The van der Waals surface area contributed by atoms with E-state index in [-0.39, 0.29) is 17.8 Å². The average Bonchev–Trinajstić information content (AvgIpc) is 3.59. The topological polar surface area (TPSA) is 96.0 Å². The van der Waals surface area contributed by atoms with Crippen LogP contribution in [-0.4, -0.2) is 36.3 Å². The Morgan fingerprint density at radius 1 is 0.762 bits per heavy atom. The lowest BCUT2D eigenvalue weighted by Gasteiger charge is -2.14. The molecule has 5 rings (SSSR count). The van der Waals surface area contributed by atoms with Crippen LogP contribution in [0, 0.1) is 6.92 Å². The fraction of sp³-hybridized carbons (Fsp3) is 0.206. The summed E-state index contributed by atoms with van der Waals surface area (Å²) >= 11 is 0. The Balaban J connectivity index is 1.66. The van der Waals surface area contributed by atoms with Crippen molar-refractivity contribution in [2.75, 3.05) is 0 Å². The van der Waals surface area contributed by atoms with Gasteiger partial charge in [0.15, 0.2) is 0 Å². The molecule has 42 heavy (non-hydrogen) atoms. The van der Waals surface area contributed by atoms with Crippen molar-refractivity contribution < 1.29 is 14.4 Å². The molecule has 0 spiro atoms. The molecule has 0 fully saturated rings. The summed E-state index contributed by atoms with van der Waals surface area (Å²) in [6.45, 7) is 7.05. The number of rotatable bonds is 8. The number of benzene rings is 3. The van der Waals surface area contributed by atoms with Crippen LogP contribution in [0.2, 0.25) is 0 Å². The number of carbonyl (C=O) groups is 3. The first-order chi connectivity index (χ1) is 20.2. The summed E-state index contributed by atoms with van der Waals surface area (Å²) < 4.78 is 3.80. The summed E-state index contributed by atoms with van der Waals surface area (Å²) in [5.41, 5.74) is 1.82. The molecular formula is C34H32N4O4. The Morgan fingerprint density at radius 3 is 1.76 bits per heavy atom. The van der Waals surface area contributed by atoms with Gasteiger partial charge < -0.3 is 4.57 Å². The van der Waals surface area contributed by atoms with Crippen LogP contribution in [-0.2, 0) is 6.42 Å². The zero-order chi connectivity index (χ0) is 30.0. The van der Waals surface area contributed by atoms with Gasteiger partial charge in [-0.25, -0.2) is 18.9 Å². The highest BCUT2D eigenvalue weighted by Crippen LogP contribution is 2.24. The number of ketones is 1. The van der Waals surface area contributed by atoms with Gasteiger partial charge in [0.25, 0.3) is 0 Å². The summed E-state index contributed by atoms with van der Waals surface area (Å²) in [5.74, 6) is -2.20. The van der Waals surface area contributed by atoms with E-state index in [1.165, 1.54) is 0 Å². The summed E-state index contributed by atoms with van der Waals surface area (Å²) in [5, 5.41) is 0. The third-order valence-electron chi connectivity index (χ3n) is 7.71. The number of carbonyl (C=O) groups excluding carboxylic acids is 3. The standard InChI is InChI=1S/C34H32N4O4/c1-5-29-30(31(39)27-16-18-28(19-17-27)36-21-20-35-24(36)4)38(33(41)23(3)26-14-10-7-11-15-26)34(42)37(29)32(40)22(2)25-12-8-6-9-13-25/h6-23H,5H2,1-4H3. The van der Waals surface area contributed by atoms with Crippen LogP contribution in [0.25, 0.3) is 5.69 Å². The molecule has 3 aromatic carbocycles. The minimum Gasteiger partial charge on any atom is -0.304 e. The van der Waals surface area contributed by atoms with Crippen LogP contribution < -0.4 is 5.69 Å². The normalized spacial score (nSPS) is 12.6. The Labute approximate surface area is 243 Å². The summed E-state index contributed by atoms with van der Waals surface area (Å²) in [6, 6.07) is 25.1. The van der Waals surface area contributed by atoms with Gasteiger partial charge in [0, 0.05) is 23.6 Å². The van der Waals surface area contributed by atoms with Gasteiger partial charge in [-0.3, -0.25) is 14.4 Å². The third kappa shape index (κ3) is 5.07. The van der Waals surface area contributed by atoms with Crippen molar-refractivity contribution in [1.29, 1.82) is 0 Å². The lowest BCUT2D eigenvalue weighted by Crippen LogP contribution is -2.36. The van der Waals surface area contributed by atoms with Gasteiger partial charge in [-0.1, -0.05) is 67.6 Å². The molecule has 5 aromatic rings. The van der Waals surface area contributed by atoms with Crippen molar-refractivity contribution in [2.45, 2.75) is 46.0 Å². The molecule has 2 atom stereocenters. The molecule has 8 nitrogen and oxygen atoms in total. The summed E-state index contributed by atoms with van der Waals surface area (Å²) in [7, 11) is 0. The molecule has 0 saturated heterocycles. The minimum absolute atomic E-state index is 0.0875. The lowest BCUT2D eigenvalue weighted by atomic mass is 9.99. The van der Waals surface area contributed by atoms with Crippen molar-refractivity contribution in [3.05, 3.63) is 142 Å². The van der Waals surface area contributed by atoms with Crippen LogP contribution in [0.5, 0.6) is 0 Å². The number of aromatic nitrogens is 4. The second-order valence-electron chi connectivity index (χ2n) is 10.3. The van der Waals surface area contributed by atoms with E-state index >= 15 is 0 Å². The van der Waals surface area contributed by atoms with Crippen molar-refractivity contribution in [3.8, 4) is 5.69 Å². The number of hydrogen-bond donors (Lipinski definition) is 0. The van der Waals surface area contributed by atoms with Crippen molar-refractivity contribution in [1.82, 2.24) is 18.7 Å². The zero-order valence-electron chi connectivity index (χ0n) is 24.0. The van der Waals surface area contributed by atoms with E-state index in [0.717, 1.165) is 26.2 Å². The first-order valence-electron chi connectivity index (χ1n) is 13.9. The SMILES string of the molecule is CCc1c(C(=O)c2ccc(-n3ccnc3C)cc2)n(C(=O)C(C)c2ccccc2)c(=O)n1C(=O)C(C)c1ccccc1. The molecule has 0 N–H and O–H groups in total. The molecule has 8 heteroatoms. The molecule has 0 aliphatic carbocycles. The summed E-state index contributed by atoms with van der Waals surface area (Å²) in [4.78, 5) is 60.3. The quantitative estimate of drug-likeness (QED) is 0.223. The molecule has 0 aliphatic heterocycles. The van der Waals surface area contributed by atoms with Crippen LogP contribution in [0.1, 0.15) is 80.9 Å². The molecule has 0 aliphatic rings. The van der Waals surface area contributed by atoms with E-state index in [4.69, 9.17) is 0 Å². The van der Waals surface area contributed by atoms with Gasteiger partial charge in [0.05, 0.1) is 17.5 Å². The molecule has 0 bridgehead atoms. The first-order valence-corrected chi connectivity index (χ1v) is 13.9. The van der Waals surface area contributed by atoms with Crippen LogP contribution in [0.3, 0.4) is 0 Å². The first kappa shape index (κ1) is 28.4. The molecule has 0 radical (unpaired) electrons. The van der Waals surface area contributed by atoms with E-state index in [9.17, 15) is 19.2 Å². The molecule has 0 amide bonds. The van der Waals surface area contributed by atoms with Crippen LogP contribution in [0.15, 0.2) is 102 Å². The van der Waals surface area contributed by atoms with Gasteiger partial charge in [0.2, 0.25) is 17.6 Å². The number of nitrogens with zero attached hydrogens (tertiary/aromatic N) is 4. The smallest absolute Gasteiger partial charge is 0.304 e. The second-order valence-corrected chi connectivity index (χ2v) is 10.3. The lowest BCUT2D eigenvalue weighted by molar-refractivity contribution is 0.0856. The molecule has 0 saturated carbocycles. The average molecular weight is 561 g/mol. The number of hydrogen-bond acceptors (Lipinski definition) is 5. The van der Waals surface area contributed by atoms with E-state index in [1.807, 2.05) is 66.2 Å². The fourth-order valence-corrected chi connectivity index (χ4v) is 5.25. The Morgan fingerprint density at radius 2 is 1.29 bits per heavy atom. The largest absolute Gasteiger partial charge is 0.342 e. The molecule has 212 valence electrons. The predicted octanol–water partition coefficient (Wildman–Crippen LogP) is 5.83. The maximum absolute atomic E-state index is 14.1. The van der Waals surface area contributed by atoms with Gasteiger partial charge in [-0.05, 0) is 62.6 Å². The highest BCUT2D eigenvalue weighted by Gasteiger charge is 2.34. The highest BCUT2D eigenvalue weighted by molar-refractivity contribution is 6.11. The maximum atomic E-state index is 14.1. The fourth-order valence-electron chi connectivity index (χ4n) is 5.25. The molecule has 2 aromatic heterocycles. The van der Waals surface area contributed by atoms with E-state index < -0.39 is 35.1 Å². The Bertz CT molecular complexity index is 1810. The van der Waals surface area contributed by atoms with Crippen molar-refractivity contribution >= 4 is 17.6 Å².